The van der Waals surface area contributed by atoms with Gasteiger partial charge in [-0.3, -0.25) is 0 Å². The lowest BCUT2D eigenvalue weighted by molar-refractivity contribution is -0.0675. The molecule has 0 aliphatic carbocycles. The van der Waals surface area contributed by atoms with Crippen molar-refractivity contribution in [1.82, 2.24) is 0 Å². The van der Waals surface area contributed by atoms with Crippen LogP contribution >= 0.6 is 17.2 Å². The van der Waals surface area contributed by atoms with E-state index >= 15 is 0 Å². The van der Waals surface area contributed by atoms with Gasteiger partial charge in [-0.15, -0.1) is 0 Å². The zero-order valence-corrected chi connectivity index (χ0v) is 34.5. The van der Waals surface area contributed by atoms with Gasteiger partial charge in [-0.05, 0) is 72.3 Å². The van der Waals surface area contributed by atoms with E-state index in [1.807, 2.05) is 0 Å². The third-order valence-corrected chi connectivity index (χ3v) is 12.0. The molecule has 0 bridgehead atoms. The van der Waals surface area contributed by atoms with Gasteiger partial charge in [0.25, 0.3) is 0 Å². The third kappa shape index (κ3) is 10.2. The Morgan fingerprint density at radius 2 is 0.878 bits per heavy atom. The van der Waals surface area contributed by atoms with Crippen LogP contribution in [0, 0.1) is 19.3 Å². The summed E-state index contributed by atoms with van der Waals surface area (Å²) in [7, 11) is -5.64. The molecule has 0 saturated heterocycles. The predicted molar refractivity (Wildman–Crippen MR) is 203 cm³/mol. The molecule has 5 N–H and O–H groups in total. The number of aryl methyl sites for hydroxylation is 2. The van der Waals surface area contributed by atoms with E-state index in [9.17, 15) is 24.7 Å². The van der Waals surface area contributed by atoms with E-state index in [-0.39, 0.29) is 34.9 Å². The van der Waals surface area contributed by atoms with Crippen LogP contribution in [0.1, 0.15) is 154 Å². The average Bonchev–Trinajstić information content (AvgIpc) is 3.03. The van der Waals surface area contributed by atoms with Gasteiger partial charge < -0.3 is 38.5 Å². The summed E-state index contributed by atoms with van der Waals surface area (Å²) in [6.45, 7) is 29.1. The summed E-state index contributed by atoms with van der Waals surface area (Å²) in [5.41, 5.74) is 4.46. The van der Waals surface area contributed by atoms with Gasteiger partial charge in [-0.25, -0.2) is 0 Å². The molecule has 0 amide bonds. The minimum atomic E-state index is -2.82. The normalized spacial score (nSPS) is 14.2. The second-order valence-electron chi connectivity index (χ2n) is 16.5. The highest BCUT2D eigenvalue weighted by Gasteiger charge is 2.49. The summed E-state index contributed by atoms with van der Waals surface area (Å²) >= 11 is 0. The van der Waals surface area contributed by atoms with E-state index < -0.39 is 35.3 Å². The molecule has 0 aliphatic heterocycles. The molecule has 2 aromatic carbocycles. The molecule has 0 fully saturated rings. The number of rotatable bonds is 19. The first kappa shape index (κ1) is 44.0. The molecule has 0 spiro atoms. The second-order valence-corrected chi connectivity index (χ2v) is 18.0. The standard InChI is InChI=1S/C39H66O8P2/c1-15-35(7,8)28-19-26(5)20-29(36(9,10)16-2)32(28)34(39(23-40,24-45-48(41)42)25-46-49(43)44)47-33-30(37(11,12)17-3)21-27(6)22-31(33)38(13,14)18-4/h19-22,34,40-44H,15-18,23-25H2,1-14H3. The van der Waals surface area contributed by atoms with Gasteiger partial charge in [-0.2, -0.15) is 0 Å². The Balaban J connectivity index is 3.39. The molecule has 2 rings (SSSR count). The highest BCUT2D eigenvalue weighted by molar-refractivity contribution is 7.39. The molecule has 0 aliphatic rings. The molecule has 1 unspecified atom stereocenters. The fraction of sp³-hybridized carbons (Fsp3) is 0.692. The number of aliphatic hydroxyl groups is 1. The van der Waals surface area contributed by atoms with Crippen molar-refractivity contribution in [2.45, 2.75) is 150 Å². The van der Waals surface area contributed by atoms with Crippen molar-refractivity contribution >= 4 is 17.2 Å². The summed E-state index contributed by atoms with van der Waals surface area (Å²) in [5.74, 6) is 0.707. The molecule has 8 nitrogen and oxygen atoms in total. The van der Waals surface area contributed by atoms with Gasteiger partial charge in [0.2, 0.25) is 0 Å². The molecule has 0 radical (unpaired) electrons. The van der Waals surface area contributed by atoms with Crippen LogP contribution in [0.15, 0.2) is 24.3 Å². The smallest absolute Gasteiger partial charge is 0.327 e. The summed E-state index contributed by atoms with van der Waals surface area (Å²) in [5, 5.41) is 11.5. The maximum Gasteiger partial charge on any atom is 0.327 e. The predicted octanol–water partition coefficient (Wildman–Crippen LogP) is 9.61. The molecule has 1 atom stereocenters. The Morgan fingerprint density at radius 3 is 1.16 bits per heavy atom. The molecule has 0 heterocycles. The van der Waals surface area contributed by atoms with Gasteiger partial charge in [0.1, 0.15) is 11.9 Å². The fourth-order valence-electron chi connectivity index (χ4n) is 6.22. The lowest BCUT2D eigenvalue weighted by Gasteiger charge is -2.45. The number of hydrogen-bond donors (Lipinski definition) is 5. The van der Waals surface area contributed by atoms with Crippen LogP contribution in [0.5, 0.6) is 5.75 Å². The van der Waals surface area contributed by atoms with Crippen molar-refractivity contribution in [3.05, 3.63) is 63.2 Å². The molecular weight excluding hydrogens is 658 g/mol. The molecule has 49 heavy (non-hydrogen) atoms. The first-order chi connectivity index (χ1) is 22.5. The van der Waals surface area contributed by atoms with Crippen LogP contribution in [0.3, 0.4) is 0 Å². The van der Waals surface area contributed by atoms with Gasteiger partial charge in [0.15, 0.2) is 0 Å². The Morgan fingerprint density at radius 1 is 0.571 bits per heavy atom. The monoisotopic (exact) mass is 724 g/mol. The first-order valence-electron chi connectivity index (χ1n) is 17.7. The summed E-state index contributed by atoms with van der Waals surface area (Å²) < 4.78 is 18.7. The highest BCUT2D eigenvalue weighted by atomic mass is 31.2. The SMILES string of the molecule is CCC(C)(C)c1cc(C)cc(C(C)(C)CC)c1OC(c1c(C(C)(C)CC)cc(C)cc1C(C)(C)CC)C(CO)(COP(O)O)COP(O)O. The second kappa shape index (κ2) is 17.1. The van der Waals surface area contributed by atoms with Crippen molar-refractivity contribution in [2.75, 3.05) is 19.8 Å². The summed E-state index contributed by atoms with van der Waals surface area (Å²) in [4.78, 5) is 40.2. The number of ether oxygens (including phenoxy) is 1. The van der Waals surface area contributed by atoms with E-state index in [4.69, 9.17) is 13.8 Å². The Kier molecular flexibility index (Phi) is 15.3. The minimum absolute atomic E-state index is 0.293. The topological polar surface area (TPSA) is 129 Å². The van der Waals surface area contributed by atoms with Crippen molar-refractivity contribution in [3.8, 4) is 5.75 Å². The largest absolute Gasteiger partial charge is 0.484 e. The van der Waals surface area contributed by atoms with Gasteiger partial charge >= 0.3 is 17.2 Å². The lowest BCUT2D eigenvalue weighted by Crippen LogP contribution is -2.46. The number of hydrogen-bond acceptors (Lipinski definition) is 8. The average molecular weight is 725 g/mol. The maximum absolute atomic E-state index is 11.5. The van der Waals surface area contributed by atoms with Crippen molar-refractivity contribution in [1.29, 1.82) is 0 Å². The van der Waals surface area contributed by atoms with Crippen LogP contribution in [0.2, 0.25) is 0 Å². The van der Waals surface area contributed by atoms with E-state index in [0.29, 0.717) is 5.75 Å². The molecule has 10 heteroatoms. The van der Waals surface area contributed by atoms with Crippen LogP contribution in [0.4, 0.5) is 0 Å². The maximum atomic E-state index is 11.5. The summed E-state index contributed by atoms with van der Waals surface area (Å²) in [6.07, 6.45) is 2.32. The van der Waals surface area contributed by atoms with E-state index in [1.54, 1.807) is 0 Å². The van der Waals surface area contributed by atoms with E-state index in [1.165, 1.54) is 0 Å². The Bertz CT molecular complexity index is 1300. The van der Waals surface area contributed by atoms with Crippen LogP contribution in [-0.4, -0.2) is 44.5 Å². The minimum Gasteiger partial charge on any atom is -0.484 e. The van der Waals surface area contributed by atoms with Crippen molar-refractivity contribution in [2.24, 2.45) is 5.41 Å². The molecule has 2 aromatic rings. The van der Waals surface area contributed by atoms with Crippen molar-refractivity contribution in [3.63, 3.8) is 0 Å². The number of benzene rings is 2. The highest BCUT2D eigenvalue weighted by Crippen LogP contribution is 2.53. The zero-order chi connectivity index (χ0) is 37.8. The van der Waals surface area contributed by atoms with Crippen LogP contribution in [0.25, 0.3) is 0 Å². The molecule has 280 valence electrons. The molecule has 0 aromatic heterocycles. The van der Waals surface area contributed by atoms with Crippen LogP contribution < -0.4 is 4.74 Å². The Labute approximate surface area is 299 Å². The van der Waals surface area contributed by atoms with Crippen LogP contribution in [-0.2, 0) is 30.7 Å². The first-order valence-corrected chi connectivity index (χ1v) is 20.0. The third-order valence-electron chi connectivity index (χ3n) is 11.3. The lowest BCUT2D eigenvalue weighted by atomic mass is 9.67. The van der Waals surface area contributed by atoms with E-state index in [0.717, 1.165) is 64.6 Å². The quantitative estimate of drug-likeness (QED) is 0.0907. The fourth-order valence-corrected chi connectivity index (χ4v) is 6.96. The van der Waals surface area contributed by atoms with Gasteiger partial charge in [-0.1, -0.05) is 118 Å². The van der Waals surface area contributed by atoms with Crippen molar-refractivity contribution < 1.29 is 38.5 Å². The summed E-state index contributed by atoms with van der Waals surface area (Å²) in [6, 6.07) is 8.74. The number of aliphatic hydroxyl groups excluding tert-OH is 1. The molecule has 0 saturated carbocycles. The molecular formula is C39H66O8P2. The van der Waals surface area contributed by atoms with E-state index in [2.05, 4.69) is 121 Å². The Hall–Kier alpha value is -1.18. The van der Waals surface area contributed by atoms with Gasteiger partial charge in [0, 0.05) is 16.7 Å². The van der Waals surface area contributed by atoms with Gasteiger partial charge in [0.05, 0.1) is 25.2 Å². The zero-order valence-electron chi connectivity index (χ0n) is 32.7.